The molecule has 0 radical (unpaired) electrons. The van der Waals surface area contributed by atoms with Gasteiger partial charge < -0.3 is 21.7 Å². The Hall–Kier alpha value is -1.92. The van der Waals surface area contributed by atoms with Crippen molar-refractivity contribution in [1.29, 1.82) is 0 Å². The predicted octanol–water partition coefficient (Wildman–Crippen LogP) is -0.392. The first-order valence-corrected chi connectivity index (χ1v) is 6.44. The predicted molar refractivity (Wildman–Crippen MR) is 77.7 cm³/mol. The van der Waals surface area contributed by atoms with E-state index in [1.54, 1.807) is 0 Å². The van der Waals surface area contributed by atoms with Gasteiger partial charge >= 0.3 is 0 Å². The van der Waals surface area contributed by atoms with E-state index in [0.717, 1.165) is 5.56 Å². The smallest absolute Gasteiger partial charge is 0.237 e. The van der Waals surface area contributed by atoms with Crippen molar-refractivity contribution in [2.24, 2.45) is 11.5 Å². The number of benzene rings is 1. The molecule has 1 rings (SSSR count). The second-order valence-electron chi connectivity index (χ2n) is 4.91. The van der Waals surface area contributed by atoms with Gasteiger partial charge in [0.05, 0.1) is 18.5 Å². The molecule has 0 aliphatic rings. The molecule has 0 aliphatic heterocycles. The number of carbonyl (C=O) groups excluding carboxylic acids is 2. The van der Waals surface area contributed by atoms with Gasteiger partial charge in [-0.2, -0.15) is 0 Å². The van der Waals surface area contributed by atoms with Crippen molar-refractivity contribution in [1.82, 2.24) is 10.2 Å². The Balaban J connectivity index is 2.60. The Morgan fingerprint density at radius 3 is 2.35 bits per heavy atom. The monoisotopic (exact) mass is 278 g/mol. The Morgan fingerprint density at radius 1 is 1.25 bits per heavy atom. The molecule has 6 heteroatoms. The molecule has 0 aliphatic carbocycles. The quantitative estimate of drug-likeness (QED) is 0.632. The molecule has 6 nitrogen and oxygen atoms in total. The second kappa shape index (κ2) is 7.62. The van der Waals surface area contributed by atoms with Crippen LogP contribution in [0.1, 0.15) is 18.0 Å². The van der Waals surface area contributed by atoms with Crippen LogP contribution in [0.15, 0.2) is 30.3 Å². The molecule has 2 amide bonds. The molecule has 0 fully saturated rings. The molecule has 0 aromatic heterocycles. The molecule has 0 spiro atoms. The molecule has 1 aromatic rings. The Bertz CT molecular complexity index is 448. The minimum atomic E-state index is -0.897. The van der Waals surface area contributed by atoms with Crippen LogP contribution in [-0.4, -0.2) is 43.4 Å². The minimum absolute atomic E-state index is 0.0425. The lowest BCUT2D eigenvalue weighted by Gasteiger charge is -2.25. The number of nitrogens with one attached hydrogen (secondary N) is 1. The summed E-state index contributed by atoms with van der Waals surface area (Å²) in [5.41, 5.74) is 11.7. The summed E-state index contributed by atoms with van der Waals surface area (Å²) in [4.78, 5) is 24.5. The van der Waals surface area contributed by atoms with Crippen molar-refractivity contribution in [2.75, 3.05) is 20.6 Å². The molecule has 2 atom stereocenters. The number of carbonyl (C=O) groups is 2. The molecular weight excluding hydrogens is 256 g/mol. The normalized spacial score (nSPS) is 13.8. The summed E-state index contributed by atoms with van der Waals surface area (Å²) >= 11 is 0. The molecule has 0 saturated carbocycles. The highest BCUT2D eigenvalue weighted by Gasteiger charge is 2.19. The zero-order chi connectivity index (χ0) is 15.1. The molecule has 0 bridgehead atoms. The van der Waals surface area contributed by atoms with E-state index < -0.39 is 11.9 Å². The molecule has 20 heavy (non-hydrogen) atoms. The van der Waals surface area contributed by atoms with Crippen LogP contribution in [0, 0.1) is 0 Å². The summed E-state index contributed by atoms with van der Waals surface area (Å²) < 4.78 is 0. The number of nitrogens with zero attached hydrogens (tertiary/aromatic N) is 1. The Kier molecular flexibility index (Phi) is 6.14. The van der Waals surface area contributed by atoms with E-state index in [0.29, 0.717) is 6.54 Å². The summed E-state index contributed by atoms with van der Waals surface area (Å²) in [7, 11) is 3.88. The fourth-order valence-electron chi connectivity index (χ4n) is 1.91. The van der Waals surface area contributed by atoms with Crippen LogP contribution in [0.3, 0.4) is 0 Å². The summed E-state index contributed by atoms with van der Waals surface area (Å²) in [6.07, 6.45) is -0.149. The average Bonchev–Trinajstić information content (AvgIpc) is 2.38. The van der Waals surface area contributed by atoms with E-state index in [2.05, 4.69) is 5.32 Å². The van der Waals surface area contributed by atoms with Gasteiger partial charge in [0.2, 0.25) is 11.8 Å². The van der Waals surface area contributed by atoms with Crippen LogP contribution in [0.25, 0.3) is 0 Å². The maximum atomic E-state index is 11.8. The van der Waals surface area contributed by atoms with Gasteiger partial charge in [0, 0.05) is 6.54 Å². The number of rotatable bonds is 7. The topological polar surface area (TPSA) is 101 Å². The van der Waals surface area contributed by atoms with Crippen molar-refractivity contribution in [2.45, 2.75) is 18.5 Å². The average molecular weight is 278 g/mol. The van der Waals surface area contributed by atoms with Gasteiger partial charge in [-0.1, -0.05) is 30.3 Å². The van der Waals surface area contributed by atoms with Crippen LogP contribution in [0.4, 0.5) is 0 Å². The summed E-state index contributed by atoms with van der Waals surface area (Å²) in [6.45, 7) is 0.419. The first-order chi connectivity index (χ1) is 9.41. The molecule has 5 N–H and O–H groups in total. The van der Waals surface area contributed by atoms with E-state index in [1.807, 2.05) is 49.3 Å². The zero-order valence-electron chi connectivity index (χ0n) is 11.9. The molecule has 0 heterocycles. The van der Waals surface area contributed by atoms with Gasteiger partial charge in [-0.15, -0.1) is 0 Å². The fraction of sp³-hybridized carbons (Fsp3) is 0.429. The van der Waals surface area contributed by atoms with Gasteiger partial charge in [-0.25, -0.2) is 0 Å². The number of hydrogen-bond acceptors (Lipinski definition) is 4. The first-order valence-electron chi connectivity index (χ1n) is 6.44. The van der Waals surface area contributed by atoms with Crippen molar-refractivity contribution < 1.29 is 9.59 Å². The lowest BCUT2D eigenvalue weighted by atomic mass is 10.1. The second-order valence-corrected chi connectivity index (χ2v) is 4.91. The van der Waals surface area contributed by atoms with E-state index >= 15 is 0 Å². The standard InChI is InChI=1S/C14H22N4O2/c1-18(2)12(10-6-4-3-5-7-10)9-17-14(20)11(15)8-13(16)19/h3-7,11-12H,8-9,15H2,1-2H3,(H2,16,19)(H,17,20). The van der Waals surface area contributed by atoms with Crippen molar-refractivity contribution >= 4 is 11.8 Å². The summed E-state index contributed by atoms with van der Waals surface area (Å²) in [5, 5.41) is 2.75. The Morgan fingerprint density at radius 2 is 1.85 bits per heavy atom. The van der Waals surface area contributed by atoms with E-state index in [4.69, 9.17) is 11.5 Å². The lowest BCUT2D eigenvalue weighted by molar-refractivity contribution is -0.126. The van der Waals surface area contributed by atoms with Crippen LogP contribution in [-0.2, 0) is 9.59 Å². The third-order valence-electron chi connectivity index (χ3n) is 3.04. The lowest BCUT2D eigenvalue weighted by Crippen LogP contribution is -2.45. The highest BCUT2D eigenvalue weighted by molar-refractivity contribution is 5.87. The van der Waals surface area contributed by atoms with Crippen LogP contribution in [0.5, 0.6) is 0 Å². The number of hydrogen-bond donors (Lipinski definition) is 3. The molecule has 1 aromatic carbocycles. The highest BCUT2D eigenvalue weighted by atomic mass is 16.2. The van der Waals surface area contributed by atoms with Crippen LogP contribution >= 0.6 is 0 Å². The number of likely N-dealkylation sites (N-methyl/N-ethyl adjacent to an activating group) is 1. The SMILES string of the molecule is CN(C)C(CNC(=O)C(N)CC(N)=O)c1ccccc1. The number of primary amides is 1. The van der Waals surface area contributed by atoms with E-state index in [1.165, 1.54) is 0 Å². The fourth-order valence-corrected chi connectivity index (χ4v) is 1.91. The summed E-state index contributed by atoms with van der Waals surface area (Å²) in [5.74, 6) is -0.952. The molecule has 2 unspecified atom stereocenters. The minimum Gasteiger partial charge on any atom is -0.370 e. The van der Waals surface area contributed by atoms with E-state index in [9.17, 15) is 9.59 Å². The highest BCUT2D eigenvalue weighted by Crippen LogP contribution is 2.16. The third-order valence-corrected chi connectivity index (χ3v) is 3.04. The van der Waals surface area contributed by atoms with Gasteiger partial charge in [-0.3, -0.25) is 9.59 Å². The van der Waals surface area contributed by atoms with E-state index in [-0.39, 0.29) is 18.4 Å². The number of amides is 2. The van der Waals surface area contributed by atoms with Gasteiger partial charge in [0.15, 0.2) is 0 Å². The van der Waals surface area contributed by atoms with Crippen molar-refractivity contribution in [3.05, 3.63) is 35.9 Å². The third kappa shape index (κ3) is 4.99. The largest absolute Gasteiger partial charge is 0.370 e. The number of nitrogens with two attached hydrogens (primary N) is 2. The van der Waals surface area contributed by atoms with Crippen molar-refractivity contribution in [3.63, 3.8) is 0 Å². The first kappa shape index (κ1) is 16.1. The van der Waals surface area contributed by atoms with Gasteiger partial charge in [0.25, 0.3) is 0 Å². The van der Waals surface area contributed by atoms with Gasteiger partial charge in [0.1, 0.15) is 0 Å². The molecule has 0 saturated heterocycles. The van der Waals surface area contributed by atoms with Crippen LogP contribution in [0.2, 0.25) is 0 Å². The summed E-state index contributed by atoms with van der Waals surface area (Å²) in [6, 6.07) is 8.99. The zero-order valence-corrected chi connectivity index (χ0v) is 11.9. The molecular formula is C14H22N4O2. The van der Waals surface area contributed by atoms with Gasteiger partial charge in [-0.05, 0) is 19.7 Å². The molecule has 110 valence electrons. The van der Waals surface area contributed by atoms with Crippen LogP contribution < -0.4 is 16.8 Å². The maximum Gasteiger partial charge on any atom is 0.237 e. The van der Waals surface area contributed by atoms with Crippen molar-refractivity contribution in [3.8, 4) is 0 Å². The Labute approximate surface area is 119 Å². The maximum absolute atomic E-state index is 11.8.